The van der Waals surface area contributed by atoms with Crippen molar-refractivity contribution in [3.8, 4) is 0 Å². The molecule has 0 saturated carbocycles. The van der Waals surface area contributed by atoms with E-state index in [0.717, 1.165) is 5.56 Å². The van der Waals surface area contributed by atoms with Crippen molar-refractivity contribution in [2.75, 3.05) is 13.1 Å². The summed E-state index contributed by atoms with van der Waals surface area (Å²) in [4.78, 5) is 26.7. The minimum absolute atomic E-state index is 0.0437. The first-order valence-electron chi connectivity index (χ1n) is 8.34. The van der Waals surface area contributed by atoms with Crippen LogP contribution in [0.1, 0.15) is 42.2 Å². The maximum Gasteiger partial charge on any atom is 0.251 e. The first-order chi connectivity index (χ1) is 11.7. The van der Waals surface area contributed by atoms with Crippen LogP contribution in [0.25, 0.3) is 0 Å². The molecule has 0 heterocycles. The summed E-state index contributed by atoms with van der Waals surface area (Å²) in [6.45, 7) is 5.26. The third-order valence-corrected chi connectivity index (χ3v) is 4.04. The fourth-order valence-electron chi connectivity index (χ4n) is 2.65. The van der Waals surface area contributed by atoms with Crippen LogP contribution < -0.4 is 5.32 Å². The Morgan fingerprint density at radius 2 is 1.46 bits per heavy atom. The predicted molar refractivity (Wildman–Crippen MR) is 95.6 cm³/mol. The van der Waals surface area contributed by atoms with Crippen molar-refractivity contribution < 1.29 is 9.59 Å². The number of carbonyl (C=O) groups is 2. The second-order valence-electron chi connectivity index (χ2n) is 5.57. The summed E-state index contributed by atoms with van der Waals surface area (Å²) in [6, 6.07) is 18.3. The van der Waals surface area contributed by atoms with Gasteiger partial charge in [-0.25, -0.2) is 0 Å². The van der Waals surface area contributed by atoms with Crippen LogP contribution in [0.3, 0.4) is 0 Å². The number of amides is 2. The van der Waals surface area contributed by atoms with Gasteiger partial charge < -0.3 is 10.2 Å². The molecule has 0 saturated heterocycles. The van der Waals surface area contributed by atoms with E-state index < -0.39 is 0 Å². The summed E-state index contributed by atoms with van der Waals surface area (Å²) in [5, 5.41) is 3.00. The van der Waals surface area contributed by atoms with Crippen LogP contribution in [0.4, 0.5) is 0 Å². The van der Waals surface area contributed by atoms with Gasteiger partial charge in [-0.3, -0.25) is 9.59 Å². The molecule has 0 fully saturated rings. The molecule has 126 valence electrons. The smallest absolute Gasteiger partial charge is 0.251 e. The molecule has 0 aromatic heterocycles. The van der Waals surface area contributed by atoms with Gasteiger partial charge in [0.25, 0.3) is 5.91 Å². The lowest BCUT2D eigenvalue weighted by Gasteiger charge is -2.24. The molecule has 0 aliphatic heterocycles. The standard InChI is InChI=1S/C20H24N2O2/c1-3-22(4-2)19(23)15-18(16-11-7-5-8-12-16)21-20(24)17-13-9-6-10-14-17/h5-14,18H,3-4,15H2,1-2H3,(H,21,24). The molecule has 2 aromatic rings. The fourth-order valence-corrected chi connectivity index (χ4v) is 2.65. The summed E-state index contributed by atoms with van der Waals surface area (Å²) in [5.41, 5.74) is 1.52. The molecule has 24 heavy (non-hydrogen) atoms. The van der Waals surface area contributed by atoms with E-state index in [-0.39, 0.29) is 24.3 Å². The summed E-state index contributed by atoms with van der Waals surface area (Å²) in [7, 11) is 0. The normalized spacial score (nSPS) is 11.6. The van der Waals surface area contributed by atoms with Crippen LogP contribution in [-0.4, -0.2) is 29.8 Å². The molecule has 0 bridgehead atoms. The minimum Gasteiger partial charge on any atom is -0.345 e. The molecule has 0 aliphatic carbocycles. The molecule has 0 spiro atoms. The molecule has 0 aliphatic rings. The monoisotopic (exact) mass is 324 g/mol. The van der Waals surface area contributed by atoms with Crippen LogP contribution in [0.2, 0.25) is 0 Å². The van der Waals surface area contributed by atoms with Gasteiger partial charge in [0.1, 0.15) is 0 Å². The van der Waals surface area contributed by atoms with E-state index in [1.54, 1.807) is 17.0 Å². The van der Waals surface area contributed by atoms with Crippen molar-refractivity contribution in [1.82, 2.24) is 10.2 Å². The maximum atomic E-state index is 12.5. The Labute approximate surface area is 143 Å². The highest BCUT2D eigenvalue weighted by molar-refractivity contribution is 5.94. The Hall–Kier alpha value is -2.62. The molecule has 1 unspecified atom stereocenters. The fraction of sp³-hybridized carbons (Fsp3) is 0.300. The van der Waals surface area contributed by atoms with E-state index >= 15 is 0 Å². The van der Waals surface area contributed by atoms with Crippen molar-refractivity contribution in [2.45, 2.75) is 26.3 Å². The van der Waals surface area contributed by atoms with E-state index in [9.17, 15) is 9.59 Å². The Kier molecular flexibility index (Phi) is 6.55. The second-order valence-corrected chi connectivity index (χ2v) is 5.57. The van der Waals surface area contributed by atoms with Gasteiger partial charge in [0.05, 0.1) is 12.5 Å². The predicted octanol–water partition coefficient (Wildman–Crippen LogP) is 3.42. The first-order valence-corrected chi connectivity index (χ1v) is 8.34. The molecule has 1 N–H and O–H groups in total. The van der Waals surface area contributed by atoms with Gasteiger partial charge in [0.15, 0.2) is 0 Å². The van der Waals surface area contributed by atoms with Crippen molar-refractivity contribution in [2.24, 2.45) is 0 Å². The van der Waals surface area contributed by atoms with Crippen molar-refractivity contribution >= 4 is 11.8 Å². The van der Waals surface area contributed by atoms with E-state index in [2.05, 4.69) is 5.32 Å². The molecule has 2 aromatic carbocycles. The van der Waals surface area contributed by atoms with Crippen molar-refractivity contribution in [3.63, 3.8) is 0 Å². The van der Waals surface area contributed by atoms with Crippen LogP contribution in [0, 0.1) is 0 Å². The van der Waals surface area contributed by atoms with Gasteiger partial charge >= 0.3 is 0 Å². The number of nitrogens with zero attached hydrogens (tertiary/aromatic N) is 1. The van der Waals surface area contributed by atoms with Crippen LogP contribution in [0.5, 0.6) is 0 Å². The van der Waals surface area contributed by atoms with E-state index in [1.165, 1.54) is 0 Å². The summed E-state index contributed by atoms with van der Waals surface area (Å²) in [6.07, 6.45) is 0.254. The highest BCUT2D eigenvalue weighted by atomic mass is 16.2. The lowest BCUT2D eigenvalue weighted by Crippen LogP contribution is -2.36. The number of nitrogens with one attached hydrogen (secondary N) is 1. The van der Waals surface area contributed by atoms with Gasteiger partial charge in [-0.15, -0.1) is 0 Å². The zero-order valence-electron chi connectivity index (χ0n) is 14.2. The molecule has 2 rings (SSSR count). The quantitative estimate of drug-likeness (QED) is 0.848. The Morgan fingerprint density at radius 1 is 0.917 bits per heavy atom. The number of benzene rings is 2. The summed E-state index contributed by atoms with van der Waals surface area (Å²) in [5.74, 6) is -0.126. The molecule has 2 amide bonds. The Morgan fingerprint density at radius 3 is 2.00 bits per heavy atom. The van der Waals surface area contributed by atoms with Gasteiger partial charge in [0, 0.05) is 18.7 Å². The molecule has 4 heteroatoms. The molecular formula is C20H24N2O2. The van der Waals surface area contributed by atoms with Crippen LogP contribution in [-0.2, 0) is 4.79 Å². The number of hydrogen-bond donors (Lipinski definition) is 1. The topological polar surface area (TPSA) is 49.4 Å². The number of rotatable bonds is 7. The Balaban J connectivity index is 2.17. The zero-order valence-corrected chi connectivity index (χ0v) is 14.2. The SMILES string of the molecule is CCN(CC)C(=O)CC(NC(=O)c1ccccc1)c1ccccc1. The van der Waals surface area contributed by atoms with E-state index in [1.807, 2.05) is 62.4 Å². The van der Waals surface area contributed by atoms with Crippen LogP contribution >= 0.6 is 0 Å². The summed E-state index contributed by atoms with van der Waals surface area (Å²) >= 11 is 0. The number of hydrogen-bond acceptors (Lipinski definition) is 2. The maximum absolute atomic E-state index is 12.5. The van der Waals surface area contributed by atoms with Crippen molar-refractivity contribution in [1.29, 1.82) is 0 Å². The third-order valence-electron chi connectivity index (χ3n) is 4.04. The summed E-state index contributed by atoms with van der Waals surface area (Å²) < 4.78 is 0. The van der Waals surface area contributed by atoms with Crippen molar-refractivity contribution in [3.05, 3.63) is 71.8 Å². The van der Waals surface area contributed by atoms with Gasteiger partial charge in [-0.05, 0) is 31.5 Å². The average Bonchev–Trinajstić information content (AvgIpc) is 2.63. The molecule has 4 nitrogen and oxygen atoms in total. The molecule has 1 atom stereocenters. The largest absolute Gasteiger partial charge is 0.345 e. The third kappa shape index (κ3) is 4.69. The lowest BCUT2D eigenvalue weighted by atomic mass is 10.0. The highest BCUT2D eigenvalue weighted by Crippen LogP contribution is 2.19. The van der Waals surface area contributed by atoms with Gasteiger partial charge in [-0.2, -0.15) is 0 Å². The highest BCUT2D eigenvalue weighted by Gasteiger charge is 2.21. The second kappa shape index (κ2) is 8.87. The van der Waals surface area contributed by atoms with Gasteiger partial charge in [0.2, 0.25) is 5.91 Å². The van der Waals surface area contributed by atoms with Gasteiger partial charge in [-0.1, -0.05) is 48.5 Å². The van der Waals surface area contributed by atoms with E-state index in [0.29, 0.717) is 18.7 Å². The van der Waals surface area contributed by atoms with E-state index in [4.69, 9.17) is 0 Å². The first kappa shape index (κ1) is 17.7. The molecule has 0 radical (unpaired) electrons. The average molecular weight is 324 g/mol. The number of carbonyl (C=O) groups excluding carboxylic acids is 2. The zero-order chi connectivity index (χ0) is 17.4. The minimum atomic E-state index is -0.341. The van der Waals surface area contributed by atoms with Crippen LogP contribution in [0.15, 0.2) is 60.7 Å². The Bertz CT molecular complexity index is 652. The lowest BCUT2D eigenvalue weighted by molar-refractivity contribution is -0.131. The molecular weight excluding hydrogens is 300 g/mol.